The highest BCUT2D eigenvalue weighted by atomic mass is 16.5. The lowest BCUT2D eigenvalue weighted by atomic mass is 9.70. The molecule has 108 valence electrons. The molecular weight excluding hydrogens is 242 g/mol. The van der Waals surface area contributed by atoms with Gasteiger partial charge in [0.15, 0.2) is 0 Å². The molecular formula is C15H25NO3. The van der Waals surface area contributed by atoms with Gasteiger partial charge in [-0.2, -0.15) is 0 Å². The maximum absolute atomic E-state index is 12.2. The Bertz CT molecular complexity index is 395. The monoisotopic (exact) mass is 267 g/mol. The number of fused-ring (bicyclic) bond motifs is 2. The number of ether oxygens (including phenoxy) is 1. The highest BCUT2D eigenvalue weighted by molar-refractivity contribution is 5.76. The molecule has 19 heavy (non-hydrogen) atoms. The van der Waals surface area contributed by atoms with Gasteiger partial charge in [-0.3, -0.25) is 4.79 Å². The van der Waals surface area contributed by atoms with Gasteiger partial charge in [0.05, 0.1) is 6.10 Å². The number of nitrogens with one attached hydrogen (secondary N) is 1. The van der Waals surface area contributed by atoms with E-state index in [2.05, 4.69) is 26.1 Å². The second-order valence-corrected chi connectivity index (χ2v) is 7.39. The molecule has 3 fully saturated rings. The van der Waals surface area contributed by atoms with Crippen molar-refractivity contribution in [2.24, 2.45) is 16.7 Å². The number of hydrogen-bond acceptors (Lipinski definition) is 4. The van der Waals surface area contributed by atoms with E-state index in [1.165, 1.54) is 6.42 Å². The fraction of sp³-hybridized carbons (Fsp3) is 0.933. The summed E-state index contributed by atoms with van der Waals surface area (Å²) in [6.45, 7) is 7.40. The van der Waals surface area contributed by atoms with Crippen LogP contribution in [0.5, 0.6) is 0 Å². The van der Waals surface area contributed by atoms with Crippen molar-refractivity contribution in [1.82, 2.24) is 5.32 Å². The Hall–Kier alpha value is -0.610. The third kappa shape index (κ3) is 1.83. The summed E-state index contributed by atoms with van der Waals surface area (Å²) in [5.74, 6) is 0.503. The molecule has 0 spiro atoms. The van der Waals surface area contributed by atoms with Crippen LogP contribution in [0.15, 0.2) is 0 Å². The summed E-state index contributed by atoms with van der Waals surface area (Å²) >= 11 is 0. The molecule has 5 unspecified atom stereocenters. The molecule has 5 atom stereocenters. The largest absolute Gasteiger partial charge is 0.461 e. The number of carbonyl (C=O) groups is 1. The van der Waals surface area contributed by atoms with Crippen LogP contribution in [0.3, 0.4) is 0 Å². The fourth-order valence-corrected chi connectivity index (χ4v) is 4.43. The molecule has 2 bridgehead atoms. The summed E-state index contributed by atoms with van der Waals surface area (Å²) in [5, 5.41) is 12.5. The van der Waals surface area contributed by atoms with Gasteiger partial charge in [-0.05, 0) is 30.6 Å². The quantitative estimate of drug-likeness (QED) is 0.744. The van der Waals surface area contributed by atoms with E-state index in [4.69, 9.17) is 4.74 Å². The third-order valence-corrected chi connectivity index (χ3v) is 6.36. The van der Waals surface area contributed by atoms with Crippen LogP contribution in [0.4, 0.5) is 0 Å². The van der Waals surface area contributed by atoms with Crippen molar-refractivity contribution in [1.29, 1.82) is 0 Å². The minimum atomic E-state index is -0.412. The molecule has 1 saturated heterocycles. The molecule has 0 radical (unpaired) electrons. The van der Waals surface area contributed by atoms with Crippen LogP contribution in [0.1, 0.15) is 46.5 Å². The summed E-state index contributed by atoms with van der Waals surface area (Å²) in [7, 11) is 0. The van der Waals surface area contributed by atoms with Crippen LogP contribution >= 0.6 is 0 Å². The van der Waals surface area contributed by atoms with Crippen LogP contribution in [0.25, 0.3) is 0 Å². The van der Waals surface area contributed by atoms with E-state index in [0.29, 0.717) is 18.9 Å². The molecule has 1 aliphatic heterocycles. The first-order valence-corrected chi connectivity index (χ1v) is 7.46. The van der Waals surface area contributed by atoms with Crippen molar-refractivity contribution in [3.8, 4) is 0 Å². The highest BCUT2D eigenvalue weighted by Crippen LogP contribution is 2.66. The summed E-state index contributed by atoms with van der Waals surface area (Å²) in [5.41, 5.74) is 0.380. The summed E-state index contributed by atoms with van der Waals surface area (Å²) in [6.07, 6.45) is 3.54. The first-order valence-electron chi connectivity index (χ1n) is 7.46. The predicted octanol–water partition coefficient (Wildman–Crippen LogP) is 1.47. The van der Waals surface area contributed by atoms with Crippen LogP contribution < -0.4 is 5.32 Å². The maximum Gasteiger partial charge on any atom is 0.323 e. The minimum Gasteiger partial charge on any atom is -0.461 e. The SMILES string of the molecule is CC1(C)C2CCC1(C)C(OC(=O)C1CC(O)CN1)C2. The second-order valence-electron chi connectivity index (χ2n) is 7.39. The van der Waals surface area contributed by atoms with Crippen LogP contribution in [-0.2, 0) is 9.53 Å². The number of hydrogen-bond donors (Lipinski definition) is 2. The van der Waals surface area contributed by atoms with E-state index in [1.807, 2.05) is 0 Å². The summed E-state index contributed by atoms with van der Waals surface area (Å²) in [4.78, 5) is 12.2. The molecule has 0 amide bonds. The van der Waals surface area contributed by atoms with Gasteiger partial charge in [-0.15, -0.1) is 0 Å². The molecule has 4 heteroatoms. The van der Waals surface area contributed by atoms with E-state index >= 15 is 0 Å². The number of rotatable bonds is 2. The number of carbonyl (C=O) groups excluding carboxylic acids is 1. The van der Waals surface area contributed by atoms with E-state index in [1.54, 1.807) is 0 Å². The molecule has 2 N–H and O–H groups in total. The van der Waals surface area contributed by atoms with Crippen molar-refractivity contribution in [3.05, 3.63) is 0 Å². The first kappa shape index (κ1) is 13.4. The fourth-order valence-electron chi connectivity index (χ4n) is 4.43. The van der Waals surface area contributed by atoms with Gasteiger partial charge >= 0.3 is 5.97 Å². The lowest BCUT2D eigenvalue weighted by Crippen LogP contribution is -2.42. The Morgan fingerprint density at radius 3 is 2.53 bits per heavy atom. The molecule has 3 rings (SSSR count). The van der Waals surface area contributed by atoms with Gasteiger partial charge in [0.1, 0.15) is 12.1 Å². The topological polar surface area (TPSA) is 58.6 Å². The number of aliphatic hydroxyl groups is 1. The second kappa shape index (κ2) is 4.19. The average molecular weight is 267 g/mol. The average Bonchev–Trinajstić information content (AvgIpc) is 2.91. The maximum atomic E-state index is 12.2. The van der Waals surface area contributed by atoms with Crippen LogP contribution in [0.2, 0.25) is 0 Å². The lowest BCUT2D eigenvalue weighted by Gasteiger charge is -2.38. The molecule has 2 aliphatic carbocycles. The smallest absolute Gasteiger partial charge is 0.323 e. The van der Waals surface area contributed by atoms with Crippen molar-refractivity contribution < 1.29 is 14.6 Å². The Morgan fingerprint density at radius 2 is 2.05 bits per heavy atom. The van der Waals surface area contributed by atoms with Gasteiger partial charge in [0, 0.05) is 18.4 Å². The van der Waals surface area contributed by atoms with Gasteiger partial charge in [0.25, 0.3) is 0 Å². The Labute approximate surface area is 114 Å². The van der Waals surface area contributed by atoms with Crippen molar-refractivity contribution in [2.45, 2.75) is 64.7 Å². The summed E-state index contributed by atoms with van der Waals surface area (Å²) in [6, 6.07) is -0.319. The van der Waals surface area contributed by atoms with Crippen molar-refractivity contribution >= 4 is 5.97 Å². The summed E-state index contributed by atoms with van der Waals surface area (Å²) < 4.78 is 5.80. The van der Waals surface area contributed by atoms with E-state index in [9.17, 15) is 9.90 Å². The molecule has 0 aromatic heterocycles. The number of aliphatic hydroxyl groups excluding tert-OH is 1. The Morgan fingerprint density at radius 1 is 1.32 bits per heavy atom. The molecule has 1 heterocycles. The van der Waals surface area contributed by atoms with Gasteiger partial charge in [-0.1, -0.05) is 20.8 Å². The molecule has 2 saturated carbocycles. The highest BCUT2D eigenvalue weighted by Gasteiger charge is 2.63. The molecule has 3 aliphatic rings. The van der Waals surface area contributed by atoms with Gasteiger partial charge < -0.3 is 15.2 Å². The van der Waals surface area contributed by atoms with E-state index < -0.39 is 6.10 Å². The van der Waals surface area contributed by atoms with Gasteiger partial charge in [0.2, 0.25) is 0 Å². The molecule has 4 nitrogen and oxygen atoms in total. The minimum absolute atomic E-state index is 0.0493. The number of esters is 1. The van der Waals surface area contributed by atoms with Crippen LogP contribution in [0, 0.1) is 16.7 Å². The zero-order valence-corrected chi connectivity index (χ0v) is 12.1. The van der Waals surface area contributed by atoms with Crippen molar-refractivity contribution in [3.63, 3.8) is 0 Å². The van der Waals surface area contributed by atoms with E-state index in [0.717, 1.165) is 12.8 Å². The molecule has 0 aromatic carbocycles. The predicted molar refractivity (Wildman–Crippen MR) is 71.5 cm³/mol. The third-order valence-electron chi connectivity index (χ3n) is 6.36. The Balaban J connectivity index is 1.67. The standard InChI is InChI=1S/C15H25NO3/c1-14(2)9-4-5-15(14,3)12(6-9)19-13(18)11-7-10(17)8-16-11/h9-12,16-17H,4-8H2,1-3H3. The normalized spacial score (nSPS) is 47.6. The Kier molecular flexibility index (Phi) is 2.95. The lowest BCUT2D eigenvalue weighted by molar-refractivity contribution is -0.159. The zero-order chi connectivity index (χ0) is 13.8. The number of β-amino-alcohol motifs (C(OH)–C–C–N with tert-alkyl or cyclic N) is 1. The molecule has 0 aromatic rings. The zero-order valence-electron chi connectivity index (χ0n) is 12.1. The first-order chi connectivity index (χ1) is 8.84. The van der Waals surface area contributed by atoms with Crippen LogP contribution in [-0.4, -0.2) is 35.9 Å². The van der Waals surface area contributed by atoms with Gasteiger partial charge in [-0.25, -0.2) is 0 Å². The van der Waals surface area contributed by atoms with E-state index in [-0.39, 0.29) is 28.9 Å². The van der Waals surface area contributed by atoms with Crippen molar-refractivity contribution in [2.75, 3.05) is 6.54 Å².